The number of carbonyl (C=O) groups is 1. The summed E-state index contributed by atoms with van der Waals surface area (Å²) in [5, 5.41) is 22.4. The van der Waals surface area contributed by atoms with E-state index in [-0.39, 0.29) is 29.1 Å². The number of aliphatic hydroxyl groups excluding tert-OH is 2. The number of morpholine rings is 1. The van der Waals surface area contributed by atoms with E-state index in [0.29, 0.717) is 74.3 Å². The summed E-state index contributed by atoms with van der Waals surface area (Å²) in [5.41, 5.74) is 0.508. The molecule has 0 bridgehead atoms. The Morgan fingerprint density at radius 3 is 2.44 bits per heavy atom. The number of carbonyl (C=O) groups excluding carboxylic acids is 1. The van der Waals surface area contributed by atoms with Gasteiger partial charge in [0, 0.05) is 13.1 Å². The van der Waals surface area contributed by atoms with Crippen molar-refractivity contribution in [1.82, 2.24) is 4.90 Å². The van der Waals surface area contributed by atoms with Crippen molar-refractivity contribution in [3.8, 4) is 0 Å². The van der Waals surface area contributed by atoms with Gasteiger partial charge in [-0.15, -0.1) is 0 Å². The number of hydrogen-bond donors (Lipinski definition) is 2. The average molecular weight is 506 g/mol. The number of aliphatic hydroxyl groups is 2. The van der Waals surface area contributed by atoms with Gasteiger partial charge in [0.25, 0.3) is 0 Å². The molecule has 0 radical (unpaired) electrons. The van der Waals surface area contributed by atoms with Crippen molar-refractivity contribution in [2.45, 2.75) is 97.7 Å². The summed E-state index contributed by atoms with van der Waals surface area (Å²) in [7, 11) is 0. The van der Waals surface area contributed by atoms with Gasteiger partial charge in [-0.3, -0.25) is 0 Å². The molecule has 6 nitrogen and oxygen atoms in total. The Labute approximate surface area is 218 Å². The minimum absolute atomic E-state index is 0.191. The van der Waals surface area contributed by atoms with Crippen LogP contribution in [0.5, 0.6) is 0 Å². The van der Waals surface area contributed by atoms with Gasteiger partial charge in [0.05, 0.1) is 32.0 Å². The van der Waals surface area contributed by atoms with Gasteiger partial charge in [0.1, 0.15) is 0 Å². The van der Waals surface area contributed by atoms with Crippen LogP contribution in [0.3, 0.4) is 0 Å². The molecule has 206 valence electrons. The molecular weight excluding hydrogens is 454 g/mol. The molecule has 1 heterocycles. The van der Waals surface area contributed by atoms with Crippen LogP contribution in [0.2, 0.25) is 0 Å². The number of hydrogen-bond acceptors (Lipinski definition) is 5. The molecule has 2 N–H and O–H groups in total. The van der Waals surface area contributed by atoms with E-state index < -0.39 is 0 Å². The summed E-state index contributed by atoms with van der Waals surface area (Å²) >= 11 is 0. The Morgan fingerprint density at radius 1 is 1.03 bits per heavy atom. The maximum Gasteiger partial charge on any atom is 0.409 e. The van der Waals surface area contributed by atoms with Gasteiger partial charge >= 0.3 is 6.09 Å². The highest BCUT2D eigenvalue weighted by molar-refractivity contribution is 5.67. The fourth-order valence-electron chi connectivity index (χ4n) is 10.3. The molecule has 0 spiro atoms. The lowest BCUT2D eigenvalue weighted by Crippen LogP contribution is -2.62. The molecule has 4 saturated carbocycles. The van der Waals surface area contributed by atoms with Gasteiger partial charge in [-0.25, -0.2) is 4.79 Å². The number of amides is 1. The minimum Gasteiger partial charge on any atom is -0.449 e. The Balaban J connectivity index is 1.26. The predicted octanol–water partition coefficient (Wildman–Crippen LogP) is 5.11. The first-order chi connectivity index (χ1) is 17.2. The Bertz CT molecular complexity index is 785. The zero-order chi connectivity index (χ0) is 25.7. The standard InChI is InChI=1S/C30H51NO5/c1-5-21-25-18-20(32)8-11-30(25,4)24-9-12-29(3)22(6-7-23(29)26(24)27(21)33)19(2)10-15-36-28(34)31-13-16-35-17-14-31/h19-27,32-33H,5-18H2,1-4H3/t19-,20-,21-,22?,23?,24+,25+,26+,27-,29-,30-/m1/s1. The van der Waals surface area contributed by atoms with Crippen LogP contribution in [0.4, 0.5) is 4.79 Å². The van der Waals surface area contributed by atoms with Crippen molar-refractivity contribution in [3.05, 3.63) is 0 Å². The monoisotopic (exact) mass is 505 g/mol. The fourth-order valence-corrected chi connectivity index (χ4v) is 10.3. The van der Waals surface area contributed by atoms with Gasteiger partial charge in [-0.1, -0.05) is 34.1 Å². The summed E-state index contributed by atoms with van der Waals surface area (Å²) in [6, 6.07) is 0. The molecule has 6 heteroatoms. The molecule has 5 aliphatic rings. The molecule has 2 unspecified atom stereocenters. The minimum atomic E-state index is -0.239. The van der Waals surface area contributed by atoms with E-state index in [9.17, 15) is 15.0 Å². The van der Waals surface area contributed by atoms with E-state index in [1.807, 2.05) is 0 Å². The van der Waals surface area contributed by atoms with Crippen LogP contribution < -0.4 is 0 Å². The first-order valence-corrected chi connectivity index (χ1v) is 15.1. The molecule has 1 aliphatic heterocycles. The third kappa shape index (κ3) is 4.41. The van der Waals surface area contributed by atoms with E-state index in [1.54, 1.807) is 4.90 Å². The normalized spacial score (nSPS) is 47.4. The molecule has 5 fully saturated rings. The van der Waals surface area contributed by atoms with Crippen LogP contribution in [0, 0.1) is 52.3 Å². The molecule has 0 aromatic rings. The SMILES string of the molecule is CC[C@H]1[C@@H](O)[C@H]2C3CCC([C@H](C)CCOC(=O)N4CCOCC4)[C@@]3(C)CC[C@@H]2[C@@]2(C)CC[C@@H](O)C[C@@H]12. The van der Waals surface area contributed by atoms with Crippen molar-refractivity contribution in [1.29, 1.82) is 0 Å². The topological polar surface area (TPSA) is 79.2 Å². The van der Waals surface area contributed by atoms with Gasteiger partial charge < -0.3 is 24.6 Å². The highest BCUT2D eigenvalue weighted by Crippen LogP contribution is 2.69. The van der Waals surface area contributed by atoms with E-state index in [0.717, 1.165) is 32.1 Å². The Kier molecular flexibility index (Phi) is 7.71. The predicted molar refractivity (Wildman–Crippen MR) is 139 cm³/mol. The maximum atomic E-state index is 12.4. The van der Waals surface area contributed by atoms with Crippen molar-refractivity contribution in [3.63, 3.8) is 0 Å². The summed E-state index contributed by atoms with van der Waals surface area (Å²) in [6.07, 6.45) is 9.11. The second kappa shape index (κ2) is 10.4. The van der Waals surface area contributed by atoms with E-state index in [1.165, 1.54) is 25.7 Å². The number of nitrogens with zero attached hydrogens (tertiary/aromatic N) is 1. The van der Waals surface area contributed by atoms with Crippen LogP contribution in [0.25, 0.3) is 0 Å². The Morgan fingerprint density at radius 2 is 1.72 bits per heavy atom. The van der Waals surface area contributed by atoms with E-state index >= 15 is 0 Å². The summed E-state index contributed by atoms with van der Waals surface area (Å²) < 4.78 is 11.0. The number of ether oxygens (including phenoxy) is 2. The molecule has 36 heavy (non-hydrogen) atoms. The zero-order valence-corrected chi connectivity index (χ0v) is 23.2. The molecule has 0 aromatic heterocycles. The fraction of sp³-hybridized carbons (Fsp3) is 0.967. The van der Waals surface area contributed by atoms with Gasteiger partial charge in [-0.05, 0) is 104 Å². The molecule has 0 aromatic carbocycles. The largest absolute Gasteiger partial charge is 0.449 e. The second-order valence-corrected chi connectivity index (χ2v) is 13.6. The quantitative estimate of drug-likeness (QED) is 0.543. The number of fused-ring (bicyclic) bond motifs is 5. The summed E-state index contributed by atoms with van der Waals surface area (Å²) in [5.74, 6) is 3.43. The highest BCUT2D eigenvalue weighted by atomic mass is 16.6. The van der Waals surface area contributed by atoms with E-state index in [4.69, 9.17) is 9.47 Å². The van der Waals surface area contributed by atoms with E-state index in [2.05, 4.69) is 27.7 Å². The third-order valence-electron chi connectivity index (χ3n) is 12.2. The summed E-state index contributed by atoms with van der Waals surface area (Å²) in [6.45, 7) is 12.6. The van der Waals surface area contributed by atoms with Crippen molar-refractivity contribution >= 4 is 6.09 Å². The summed E-state index contributed by atoms with van der Waals surface area (Å²) in [4.78, 5) is 14.2. The lowest BCUT2D eigenvalue weighted by Gasteiger charge is -2.64. The molecule has 4 aliphatic carbocycles. The third-order valence-corrected chi connectivity index (χ3v) is 12.2. The van der Waals surface area contributed by atoms with Crippen LogP contribution in [0.15, 0.2) is 0 Å². The van der Waals surface area contributed by atoms with Crippen LogP contribution in [-0.4, -0.2) is 66.3 Å². The number of rotatable bonds is 5. The molecule has 1 saturated heterocycles. The lowest BCUT2D eigenvalue weighted by molar-refractivity contribution is -0.203. The maximum absolute atomic E-state index is 12.4. The van der Waals surface area contributed by atoms with Crippen LogP contribution in [0.1, 0.15) is 85.5 Å². The smallest absolute Gasteiger partial charge is 0.409 e. The van der Waals surface area contributed by atoms with Gasteiger partial charge in [0.15, 0.2) is 0 Å². The molecule has 1 amide bonds. The van der Waals surface area contributed by atoms with Gasteiger partial charge in [-0.2, -0.15) is 0 Å². The molecule has 11 atom stereocenters. The first-order valence-electron chi connectivity index (χ1n) is 15.1. The average Bonchev–Trinajstić information content (AvgIpc) is 3.23. The van der Waals surface area contributed by atoms with Crippen molar-refractivity contribution in [2.24, 2.45) is 52.3 Å². The first kappa shape index (κ1) is 26.7. The molecular formula is C30H51NO5. The second-order valence-electron chi connectivity index (χ2n) is 13.6. The van der Waals surface area contributed by atoms with Crippen LogP contribution in [-0.2, 0) is 9.47 Å². The lowest BCUT2D eigenvalue weighted by atomic mass is 9.41. The Hall–Kier alpha value is -0.850. The van der Waals surface area contributed by atoms with Crippen molar-refractivity contribution < 1.29 is 24.5 Å². The van der Waals surface area contributed by atoms with Gasteiger partial charge in [0.2, 0.25) is 0 Å². The molecule has 5 rings (SSSR count). The highest BCUT2D eigenvalue weighted by Gasteiger charge is 2.64. The van der Waals surface area contributed by atoms with Crippen molar-refractivity contribution in [2.75, 3.05) is 32.9 Å². The zero-order valence-electron chi connectivity index (χ0n) is 23.2. The van der Waals surface area contributed by atoms with Crippen LogP contribution >= 0.6 is 0 Å².